The first-order chi connectivity index (χ1) is 7.98. The van der Waals surface area contributed by atoms with E-state index in [1.807, 2.05) is 4.90 Å². The van der Waals surface area contributed by atoms with Crippen molar-refractivity contribution in [1.82, 2.24) is 4.90 Å². The van der Waals surface area contributed by atoms with Crippen molar-refractivity contribution in [3.8, 4) is 0 Å². The van der Waals surface area contributed by atoms with Crippen LogP contribution >= 0.6 is 31.9 Å². The molecule has 2 bridgehead atoms. The first kappa shape index (κ1) is 13.4. The van der Waals surface area contributed by atoms with E-state index in [2.05, 4.69) is 38.8 Å². The van der Waals surface area contributed by atoms with Crippen LogP contribution in [0.15, 0.2) is 8.96 Å². The summed E-state index contributed by atoms with van der Waals surface area (Å²) in [5.41, 5.74) is 1.29. The van der Waals surface area contributed by atoms with Gasteiger partial charge >= 0.3 is 6.09 Å². The van der Waals surface area contributed by atoms with Gasteiger partial charge in [0.25, 0.3) is 0 Å². The number of nitrogens with zero attached hydrogens (tertiary/aromatic N) is 1. The average Bonchev–Trinajstić information content (AvgIpc) is 2.25. The quantitative estimate of drug-likeness (QED) is 0.644. The van der Waals surface area contributed by atoms with Gasteiger partial charge < -0.3 is 4.74 Å². The normalized spacial score (nSPS) is 32.4. The number of carbonyl (C=O) groups excluding carboxylic acids is 1. The molecular weight excluding hydrogens is 350 g/mol. The average molecular weight is 367 g/mol. The fraction of sp³-hybridized carbons (Fsp3) is 0.750. The van der Waals surface area contributed by atoms with Crippen molar-refractivity contribution in [3.63, 3.8) is 0 Å². The van der Waals surface area contributed by atoms with Crippen LogP contribution < -0.4 is 0 Å². The van der Waals surface area contributed by atoms with Crippen LogP contribution in [0.25, 0.3) is 0 Å². The molecular formula is C12H17Br2NO2. The van der Waals surface area contributed by atoms with Crippen molar-refractivity contribution in [2.24, 2.45) is 0 Å². The number of piperidine rings is 2. The molecule has 96 valence electrons. The van der Waals surface area contributed by atoms with Crippen molar-refractivity contribution in [1.29, 1.82) is 0 Å². The third-order valence-corrected chi connectivity index (χ3v) is 5.04. The van der Waals surface area contributed by atoms with Crippen LogP contribution in [0, 0.1) is 0 Å². The Hall–Kier alpha value is -0.0300. The predicted octanol–water partition coefficient (Wildman–Crippen LogP) is 4.16. The second-order valence-corrected chi connectivity index (χ2v) is 7.78. The third-order valence-electron chi connectivity index (χ3n) is 3.91. The number of carbonyl (C=O) groups is 1. The molecule has 0 aromatic heterocycles. The maximum atomic E-state index is 11.9. The maximum Gasteiger partial charge on any atom is 0.410 e. The smallest absolute Gasteiger partial charge is 0.410 e. The maximum absolute atomic E-state index is 11.9. The van der Waals surface area contributed by atoms with Gasteiger partial charge in [0.15, 0.2) is 0 Å². The summed E-state index contributed by atoms with van der Waals surface area (Å²) in [6.45, 7) is 2.16. The van der Waals surface area contributed by atoms with Gasteiger partial charge in [-0.3, -0.25) is 4.90 Å². The van der Waals surface area contributed by atoms with E-state index in [0.717, 1.165) is 29.1 Å². The van der Waals surface area contributed by atoms with Gasteiger partial charge in [0.1, 0.15) is 0 Å². The van der Waals surface area contributed by atoms with Gasteiger partial charge in [-0.05, 0) is 76.5 Å². The number of rotatable bonds is 0. The van der Waals surface area contributed by atoms with Crippen LogP contribution in [0.4, 0.5) is 4.79 Å². The molecule has 0 spiro atoms. The molecule has 5 heteroatoms. The van der Waals surface area contributed by atoms with Crippen molar-refractivity contribution in [2.75, 3.05) is 7.11 Å². The molecule has 1 unspecified atom stereocenters. The Morgan fingerprint density at radius 3 is 2.76 bits per heavy atom. The second-order valence-electron chi connectivity index (χ2n) is 5.13. The van der Waals surface area contributed by atoms with E-state index < -0.39 is 0 Å². The summed E-state index contributed by atoms with van der Waals surface area (Å²) in [5.74, 6) is 0. The topological polar surface area (TPSA) is 29.5 Å². The molecule has 0 aliphatic carbocycles. The molecule has 0 aromatic carbocycles. The number of hydrogen-bond donors (Lipinski definition) is 0. The van der Waals surface area contributed by atoms with Crippen LogP contribution in [0.3, 0.4) is 0 Å². The molecule has 0 saturated carbocycles. The molecule has 17 heavy (non-hydrogen) atoms. The molecule has 0 radical (unpaired) electrons. The van der Waals surface area contributed by atoms with Crippen molar-refractivity contribution < 1.29 is 9.53 Å². The Bertz CT molecular complexity index is 366. The van der Waals surface area contributed by atoms with E-state index in [0.29, 0.717) is 0 Å². The lowest BCUT2D eigenvalue weighted by molar-refractivity contribution is -0.00318. The largest absolute Gasteiger partial charge is 0.453 e. The number of methoxy groups -OCH3 is 1. The highest BCUT2D eigenvalue weighted by Crippen LogP contribution is 2.46. The number of halogens is 2. The van der Waals surface area contributed by atoms with Gasteiger partial charge in [-0.1, -0.05) is 0 Å². The minimum Gasteiger partial charge on any atom is -0.453 e. The second kappa shape index (κ2) is 4.92. The predicted molar refractivity (Wildman–Crippen MR) is 74.4 cm³/mol. The molecule has 2 aliphatic heterocycles. The first-order valence-corrected chi connectivity index (χ1v) is 7.47. The summed E-state index contributed by atoms with van der Waals surface area (Å²) in [6, 6.07) is 0.287. The van der Waals surface area contributed by atoms with Gasteiger partial charge in [-0.15, -0.1) is 0 Å². The van der Waals surface area contributed by atoms with E-state index in [4.69, 9.17) is 4.74 Å². The number of amides is 1. The Morgan fingerprint density at radius 2 is 2.24 bits per heavy atom. The molecule has 0 aromatic rings. The van der Waals surface area contributed by atoms with E-state index in [1.165, 1.54) is 19.1 Å². The standard InChI is InChI=1S/C12H17Br2NO2/c1-12-5-3-4-9(15(12)11(16)17-2)6-8(7-12)10(13)14/h9H,3-7H2,1-2H3/t9?,12-/m0/s1. The summed E-state index contributed by atoms with van der Waals surface area (Å²) in [6.07, 6.45) is 5.00. The molecule has 0 N–H and O–H groups in total. The molecule has 2 rings (SSSR count). The summed E-state index contributed by atoms with van der Waals surface area (Å²) < 4.78 is 5.98. The SMILES string of the molecule is COC(=O)N1C2CCC[C@@]1(C)CC(=C(Br)Br)C2. The number of ether oxygens (including phenoxy) is 1. The lowest BCUT2D eigenvalue weighted by atomic mass is 9.74. The van der Waals surface area contributed by atoms with Crippen LogP contribution in [0.5, 0.6) is 0 Å². The van der Waals surface area contributed by atoms with Gasteiger partial charge in [0.2, 0.25) is 0 Å². The van der Waals surface area contributed by atoms with Crippen LogP contribution in [-0.4, -0.2) is 29.7 Å². The monoisotopic (exact) mass is 365 g/mol. The molecule has 2 atom stereocenters. The lowest BCUT2D eigenvalue weighted by Crippen LogP contribution is -2.60. The highest BCUT2D eigenvalue weighted by molar-refractivity contribution is 9.28. The zero-order valence-electron chi connectivity index (χ0n) is 10.1. The third kappa shape index (κ3) is 2.41. The van der Waals surface area contributed by atoms with Crippen molar-refractivity contribution in [2.45, 2.75) is 50.6 Å². The molecule has 2 fully saturated rings. The number of hydrogen-bond acceptors (Lipinski definition) is 2. The summed E-state index contributed by atoms with van der Waals surface area (Å²) in [5, 5.41) is 0. The van der Waals surface area contributed by atoms with E-state index >= 15 is 0 Å². The minimum atomic E-state index is -0.179. The lowest BCUT2D eigenvalue weighted by Gasteiger charge is -2.53. The zero-order valence-corrected chi connectivity index (χ0v) is 13.3. The fourth-order valence-electron chi connectivity index (χ4n) is 3.20. The van der Waals surface area contributed by atoms with E-state index in [9.17, 15) is 4.79 Å². The summed E-state index contributed by atoms with van der Waals surface area (Å²) >= 11 is 7.01. The summed E-state index contributed by atoms with van der Waals surface area (Å²) in [7, 11) is 1.47. The highest BCUT2D eigenvalue weighted by Gasteiger charge is 2.47. The van der Waals surface area contributed by atoms with Gasteiger partial charge in [0.05, 0.1) is 10.5 Å². The molecule has 2 heterocycles. The first-order valence-electron chi connectivity index (χ1n) is 5.88. The Morgan fingerprint density at radius 1 is 1.53 bits per heavy atom. The van der Waals surface area contributed by atoms with Crippen LogP contribution in [-0.2, 0) is 4.74 Å². The number of fused-ring (bicyclic) bond motifs is 2. The van der Waals surface area contributed by atoms with E-state index in [1.54, 1.807) is 0 Å². The van der Waals surface area contributed by atoms with Gasteiger partial charge in [-0.25, -0.2) is 4.79 Å². The van der Waals surface area contributed by atoms with Crippen LogP contribution in [0.1, 0.15) is 39.0 Å². The van der Waals surface area contributed by atoms with Crippen LogP contribution in [0.2, 0.25) is 0 Å². The molecule has 2 saturated heterocycles. The minimum absolute atomic E-state index is 0.0869. The van der Waals surface area contributed by atoms with Gasteiger partial charge in [0, 0.05) is 11.6 Å². The van der Waals surface area contributed by atoms with Crippen molar-refractivity contribution >= 4 is 38.0 Å². The Balaban J connectivity index is 2.33. The fourth-order valence-corrected chi connectivity index (χ4v) is 3.81. The Labute approximate surface area is 119 Å². The van der Waals surface area contributed by atoms with Gasteiger partial charge in [-0.2, -0.15) is 0 Å². The highest BCUT2D eigenvalue weighted by atomic mass is 79.9. The summed E-state index contributed by atoms with van der Waals surface area (Å²) in [4.78, 5) is 13.9. The molecule has 3 nitrogen and oxygen atoms in total. The van der Waals surface area contributed by atoms with E-state index in [-0.39, 0.29) is 17.7 Å². The molecule has 1 amide bonds. The van der Waals surface area contributed by atoms with Crippen molar-refractivity contribution in [3.05, 3.63) is 8.96 Å². The zero-order chi connectivity index (χ0) is 12.6. The molecule has 2 aliphatic rings. The Kier molecular flexibility index (Phi) is 3.88.